The van der Waals surface area contributed by atoms with Gasteiger partial charge in [-0.1, -0.05) is 34.9 Å². The fourth-order valence-corrected chi connectivity index (χ4v) is 1.67. The van der Waals surface area contributed by atoms with Crippen molar-refractivity contribution in [2.45, 2.75) is 19.1 Å². The van der Waals surface area contributed by atoms with Gasteiger partial charge < -0.3 is 0 Å². The molecule has 0 saturated heterocycles. The van der Waals surface area contributed by atoms with Crippen molar-refractivity contribution in [3.05, 3.63) is 34.3 Å². The zero-order chi connectivity index (χ0) is 9.68. The number of rotatable bonds is 1. The summed E-state index contributed by atoms with van der Waals surface area (Å²) in [6.07, 6.45) is 0. The van der Waals surface area contributed by atoms with Gasteiger partial charge in [-0.2, -0.15) is 0 Å². The summed E-state index contributed by atoms with van der Waals surface area (Å²) in [6.45, 7) is 4.63. The molecule has 13 heavy (non-hydrogen) atoms. The molecular weight excluding hydrogens is 240 g/mol. The molecule has 0 saturated carbocycles. The second kappa shape index (κ2) is 5.26. The van der Waals surface area contributed by atoms with Gasteiger partial charge in [0.1, 0.15) is 0 Å². The van der Waals surface area contributed by atoms with Crippen molar-refractivity contribution < 1.29 is 0 Å². The van der Waals surface area contributed by atoms with E-state index >= 15 is 0 Å². The van der Waals surface area contributed by atoms with Crippen LogP contribution in [0.2, 0.25) is 19.1 Å². The van der Waals surface area contributed by atoms with Crippen molar-refractivity contribution in [1.82, 2.24) is 0 Å². The van der Waals surface area contributed by atoms with E-state index in [2.05, 4.69) is 40.9 Å². The highest BCUT2D eigenvalue weighted by Gasteiger charge is 1.90. The Bertz CT molecular complexity index is 316. The van der Waals surface area contributed by atoms with E-state index in [0.717, 1.165) is 16.1 Å². The normalized spacial score (nSPS) is 9.54. The lowest BCUT2D eigenvalue weighted by atomic mass is 10.2. The SMILES string of the molecule is C[SiH](C)CC#Cc1ccc(Br)cc1. The van der Waals surface area contributed by atoms with Crippen LogP contribution < -0.4 is 0 Å². The highest BCUT2D eigenvalue weighted by Crippen LogP contribution is 2.09. The highest BCUT2D eigenvalue weighted by atomic mass is 79.9. The zero-order valence-corrected chi connectivity index (χ0v) is 10.7. The highest BCUT2D eigenvalue weighted by molar-refractivity contribution is 9.10. The minimum Gasteiger partial charge on any atom is -0.101 e. The van der Waals surface area contributed by atoms with Gasteiger partial charge in [-0.3, -0.25) is 0 Å². The third-order valence-corrected chi connectivity index (χ3v) is 3.14. The number of benzene rings is 1. The molecule has 0 N–H and O–H groups in total. The third kappa shape index (κ3) is 4.30. The van der Waals surface area contributed by atoms with Crippen molar-refractivity contribution >= 4 is 24.7 Å². The van der Waals surface area contributed by atoms with Crippen LogP contribution in [0.1, 0.15) is 5.56 Å². The Morgan fingerprint density at radius 2 is 1.85 bits per heavy atom. The van der Waals surface area contributed by atoms with Crippen molar-refractivity contribution in [2.24, 2.45) is 0 Å². The molecule has 0 aliphatic heterocycles. The Morgan fingerprint density at radius 3 is 2.38 bits per heavy atom. The number of hydrogen-bond donors (Lipinski definition) is 0. The fraction of sp³-hybridized carbons (Fsp3) is 0.273. The maximum absolute atomic E-state index is 3.40. The van der Waals surface area contributed by atoms with Gasteiger partial charge in [0, 0.05) is 24.9 Å². The van der Waals surface area contributed by atoms with Gasteiger partial charge in [-0.25, -0.2) is 0 Å². The van der Waals surface area contributed by atoms with Crippen molar-refractivity contribution in [3.8, 4) is 11.8 Å². The van der Waals surface area contributed by atoms with E-state index in [9.17, 15) is 0 Å². The number of hydrogen-bond acceptors (Lipinski definition) is 0. The summed E-state index contributed by atoms with van der Waals surface area (Å²) in [7, 11) is -0.504. The number of halogens is 1. The second-order valence-electron chi connectivity index (χ2n) is 3.41. The lowest BCUT2D eigenvalue weighted by molar-refractivity contribution is 1.59. The maximum Gasteiger partial charge on any atom is 0.0443 e. The topological polar surface area (TPSA) is 0 Å². The second-order valence-corrected chi connectivity index (χ2v) is 7.52. The summed E-state index contributed by atoms with van der Waals surface area (Å²) in [5, 5.41) is 0. The average Bonchev–Trinajstić information content (AvgIpc) is 2.08. The Hall–Kier alpha value is -0.523. The van der Waals surface area contributed by atoms with Crippen LogP contribution in [0.15, 0.2) is 28.7 Å². The summed E-state index contributed by atoms with van der Waals surface area (Å²) in [5.41, 5.74) is 1.11. The quantitative estimate of drug-likeness (QED) is 0.532. The van der Waals surface area contributed by atoms with Crippen molar-refractivity contribution in [2.75, 3.05) is 0 Å². The van der Waals surface area contributed by atoms with E-state index in [0.29, 0.717) is 0 Å². The molecule has 1 rings (SSSR count). The summed E-state index contributed by atoms with van der Waals surface area (Å²) in [4.78, 5) is 0. The minimum atomic E-state index is -0.504. The lowest BCUT2D eigenvalue weighted by Crippen LogP contribution is -1.95. The van der Waals surface area contributed by atoms with Gasteiger partial charge in [-0.05, 0) is 24.3 Å². The van der Waals surface area contributed by atoms with E-state index in [-0.39, 0.29) is 0 Å². The summed E-state index contributed by atoms with van der Waals surface area (Å²) < 4.78 is 1.11. The Kier molecular flexibility index (Phi) is 4.27. The van der Waals surface area contributed by atoms with Crippen LogP contribution in [0.5, 0.6) is 0 Å². The molecule has 1 aromatic carbocycles. The molecule has 0 aliphatic carbocycles. The van der Waals surface area contributed by atoms with Crippen LogP contribution >= 0.6 is 15.9 Å². The summed E-state index contributed by atoms with van der Waals surface area (Å²) in [6, 6.07) is 9.24. The maximum atomic E-state index is 3.40. The molecule has 0 spiro atoms. The smallest absolute Gasteiger partial charge is 0.0443 e. The molecule has 0 atom stereocenters. The van der Waals surface area contributed by atoms with Gasteiger partial charge in [-0.15, -0.1) is 5.92 Å². The van der Waals surface area contributed by atoms with Crippen LogP contribution in [-0.2, 0) is 0 Å². The van der Waals surface area contributed by atoms with Crippen LogP contribution in [0.25, 0.3) is 0 Å². The van der Waals surface area contributed by atoms with Crippen LogP contribution in [0.4, 0.5) is 0 Å². The van der Waals surface area contributed by atoms with Gasteiger partial charge in [0.05, 0.1) is 0 Å². The molecule has 1 aromatic rings. The molecule has 0 radical (unpaired) electrons. The van der Waals surface area contributed by atoms with E-state index in [1.54, 1.807) is 0 Å². The average molecular weight is 253 g/mol. The van der Waals surface area contributed by atoms with Crippen molar-refractivity contribution in [3.63, 3.8) is 0 Å². The Morgan fingerprint density at radius 1 is 1.23 bits per heavy atom. The first kappa shape index (κ1) is 10.6. The first-order valence-electron chi connectivity index (χ1n) is 4.43. The van der Waals surface area contributed by atoms with E-state index in [1.807, 2.05) is 24.3 Å². The van der Waals surface area contributed by atoms with E-state index in [1.165, 1.54) is 0 Å². The molecule has 0 aliphatic rings. The van der Waals surface area contributed by atoms with Gasteiger partial charge in [0.15, 0.2) is 0 Å². The molecule has 68 valence electrons. The predicted molar refractivity (Wildman–Crippen MR) is 64.7 cm³/mol. The van der Waals surface area contributed by atoms with Crippen LogP contribution in [0.3, 0.4) is 0 Å². The molecule has 0 heterocycles. The first-order valence-corrected chi connectivity index (χ1v) is 8.35. The summed E-state index contributed by atoms with van der Waals surface area (Å²) in [5.74, 6) is 6.38. The molecule has 0 nitrogen and oxygen atoms in total. The predicted octanol–water partition coefficient (Wildman–Crippen LogP) is 3.29. The Labute approximate surface area is 90.1 Å². The molecule has 0 amide bonds. The minimum absolute atomic E-state index is 0.504. The standard InChI is InChI=1S/C11H13BrSi/c1-13(2)9-3-4-10-5-7-11(12)8-6-10/h5-8,13H,9H2,1-2H3. The summed E-state index contributed by atoms with van der Waals surface area (Å²) >= 11 is 3.40. The Balaban J connectivity index is 2.62. The van der Waals surface area contributed by atoms with Crippen LogP contribution in [-0.4, -0.2) is 8.80 Å². The first-order chi connectivity index (χ1) is 6.18. The van der Waals surface area contributed by atoms with E-state index in [4.69, 9.17) is 0 Å². The molecule has 0 unspecified atom stereocenters. The third-order valence-electron chi connectivity index (χ3n) is 1.59. The molecule has 0 fully saturated rings. The zero-order valence-electron chi connectivity index (χ0n) is 7.97. The van der Waals surface area contributed by atoms with Gasteiger partial charge >= 0.3 is 0 Å². The molecular formula is C11H13BrSi. The van der Waals surface area contributed by atoms with Crippen molar-refractivity contribution in [1.29, 1.82) is 0 Å². The largest absolute Gasteiger partial charge is 0.101 e. The van der Waals surface area contributed by atoms with Crippen LogP contribution in [0, 0.1) is 11.8 Å². The molecule has 0 bridgehead atoms. The van der Waals surface area contributed by atoms with E-state index < -0.39 is 8.80 Å². The molecule has 2 heteroatoms. The van der Waals surface area contributed by atoms with Gasteiger partial charge in [0.2, 0.25) is 0 Å². The lowest BCUT2D eigenvalue weighted by Gasteiger charge is -1.92. The molecule has 0 aromatic heterocycles. The fourth-order valence-electron chi connectivity index (χ4n) is 0.890. The monoisotopic (exact) mass is 252 g/mol. The van der Waals surface area contributed by atoms with Gasteiger partial charge in [0.25, 0.3) is 0 Å².